The molecule has 0 aliphatic carbocycles. The Kier molecular flexibility index (Phi) is 5.78. The molecule has 0 bridgehead atoms. The molecule has 1 aliphatic rings. The molecule has 160 valence electrons. The lowest BCUT2D eigenvalue weighted by Crippen LogP contribution is -2.24. The van der Waals surface area contributed by atoms with Crippen LogP contribution in [-0.2, 0) is 17.8 Å². The van der Waals surface area contributed by atoms with Crippen molar-refractivity contribution in [3.63, 3.8) is 0 Å². The van der Waals surface area contributed by atoms with Gasteiger partial charge in [0.25, 0.3) is 5.92 Å². The summed E-state index contributed by atoms with van der Waals surface area (Å²) in [6.45, 7) is 1.71. The number of halogens is 2. The van der Waals surface area contributed by atoms with Crippen LogP contribution in [0.15, 0.2) is 35.3 Å². The molecule has 0 unspecified atom stereocenters. The molecule has 3 aromatic rings. The van der Waals surface area contributed by atoms with Gasteiger partial charge in [-0.15, -0.1) is 0 Å². The van der Waals surface area contributed by atoms with Crippen LogP contribution in [0.1, 0.15) is 17.5 Å². The fourth-order valence-electron chi connectivity index (χ4n) is 3.50. The van der Waals surface area contributed by atoms with Gasteiger partial charge in [-0.1, -0.05) is 24.3 Å². The number of nitrogens with one attached hydrogen (secondary N) is 1. The molecule has 0 spiro atoms. The molecule has 0 saturated carbocycles. The van der Waals surface area contributed by atoms with E-state index in [1.807, 2.05) is 24.3 Å². The van der Waals surface area contributed by atoms with Crippen molar-refractivity contribution in [1.29, 1.82) is 0 Å². The molecule has 1 N–H and O–H groups in total. The van der Waals surface area contributed by atoms with Crippen molar-refractivity contribution in [2.45, 2.75) is 25.4 Å². The molecule has 0 radical (unpaired) electrons. The number of benzene rings is 1. The second kappa shape index (κ2) is 8.49. The Bertz CT molecular complexity index is 1060. The SMILES string of the molecule is COCCOc1ncc2[nH]c(=O)n(Cc3ccc(CN4CCC(F)(F)C4)cc3)c2n1. The average Bonchev–Trinajstić information content (AvgIpc) is 3.22. The molecule has 1 saturated heterocycles. The second-order valence-corrected chi connectivity index (χ2v) is 7.38. The van der Waals surface area contributed by atoms with Crippen LogP contribution in [0.3, 0.4) is 0 Å². The molecule has 30 heavy (non-hydrogen) atoms. The number of H-pyrrole nitrogens is 1. The Balaban J connectivity index is 1.47. The van der Waals surface area contributed by atoms with E-state index in [4.69, 9.17) is 9.47 Å². The van der Waals surface area contributed by atoms with Gasteiger partial charge in [0, 0.05) is 26.6 Å². The molecular weight excluding hydrogens is 396 g/mol. The number of aromatic nitrogens is 4. The summed E-state index contributed by atoms with van der Waals surface area (Å²) in [6, 6.07) is 7.77. The van der Waals surface area contributed by atoms with Gasteiger partial charge in [-0.2, -0.15) is 4.98 Å². The Morgan fingerprint density at radius 3 is 2.57 bits per heavy atom. The largest absolute Gasteiger partial charge is 0.461 e. The van der Waals surface area contributed by atoms with Crippen molar-refractivity contribution < 1.29 is 18.3 Å². The van der Waals surface area contributed by atoms with Crippen LogP contribution in [0.25, 0.3) is 11.2 Å². The highest BCUT2D eigenvalue weighted by atomic mass is 19.3. The molecule has 4 rings (SSSR count). The lowest BCUT2D eigenvalue weighted by atomic mass is 10.1. The summed E-state index contributed by atoms with van der Waals surface area (Å²) in [7, 11) is 1.57. The predicted octanol–water partition coefficient (Wildman–Crippen LogP) is 2.03. The quantitative estimate of drug-likeness (QED) is 0.563. The van der Waals surface area contributed by atoms with E-state index in [0.29, 0.717) is 44.0 Å². The van der Waals surface area contributed by atoms with Crippen LogP contribution < -0.4 is 10.4 Å². The highest BCUT2D eigenvalue weighted by Crippen LogP contribution is 2.27. The maximum absolute atomic E-state index is 13.4. The van der Waals surface area contributed by atoms with E-state index < -0.39 is 5.92 Å². The number of hydrogen-bond donors (Lipinski definition) is 1. The second-order valence-electron chi connectivity index (χ2n) is 7.38. The highest BCUT2D eigenvalue weighted by Gasteiger charge is 2.37. The highest BCUT2D eigenvalue weighted by molar-refractivity contribution is 5.69. The minimum atomic E-state index is -2.59. The number of hydrogen-bond acceptors (Lipinski definition) is 6. The van der Waals surface area contributed by atoms with Gasteiger partial charge in [0.2, 0.25) is 0 Å². The van der Waals surface area contributed by atoms with Crippen LogP contribution in [-0.4, -0.2) is 63.8 Å². The summed E-state index contributed by atoms with van der Waals surface area (Å²) >= 11 is 0. The van der Waals surface area contributed by atoms with Crippen molar-refractivity contribution in [3.8, 4) is 6.01 Å². The fourth-order valence-corrected chi connectivity index (χ4v) is 3.50. The number of rotatable bonds is 8. The van der Waals surface area contributed by atoms with Crippen LogP contribution in [0.2, 0.25) is 0 Å². The van der Waals surface area contributed by atoms with Crippen LogP contribution in [0, 0.1) is 0 Å². The normalized spacial score (nSPS) is 16.4. The Morgan fingerprint density at radius 2 is 1.90 bits per heavy atom. The van der Waals surface area contributed by atoms with Crippen LogP contribution in [0.5, 0.6) is 6.01 Å². The molecule has 1 aromatic carbocycles. The number of fused-ring (bicyclic) bond motifs is 1. The molecule has 2 aromatic heterocycles. The standard InChI is InChI=1S/C20H23F2N5O3/c1-29-8-9-30-18-23-10-16-17(25-18)27(19(28)24-16)12-15-4-2-14(3-5-15)11-26-7-6-20(21,22)13-26/h2-5,10H,6-9,11-13H2,1H3,(H,24,28). The first-order valence-corrected chi connectivity index (χ1v) is 9.69. The number of nitrogens with zero attached hydrogens (tertiary/aromatic N) is 4. The first kappa shape index (κ1) is 20.4. The number of methoxy groups -OCH3 is 1. The Labute approximate surface area is 171 Å². The molecule has 1 aliphatic heterocycles. The first-order valence-electron chi connectivity index (χ1n) is 9.69. The first-order chi connectivity index (χ1) is 14.4. The minimum Gasteiger partial charge on any atom is -0.461 e. The summed E-state index contributed by atoms with van der Waals surface area (Å²) < 4.78 is 38.6. The van der Waals surface area contributed by atoms with E-state index in [1.54, 1.807) is 12.0 Å². The number of aromatic amines is 1. The third-order valence-corrected chi connectivity index (χ3v) is 5.03. The van der Waals surface area contributed by atoms with Gasteiger partial charge >= 0.3 is 11.7 Å². The maximum atomic E-state index is 13.4. The van der Waals surface area contributed by atoms with E-state index in [2.05, 4.69) is 15.0 Å². The van der Waals surface area contributed by atoms with Gasteiger partial charge in [0.1, 0.15) is 12.1 Å². The molecule has 1 fully saturated rings. The summed E-state index contributed by atoms with van der Waals surface area (Å²) in [5, 5.41) is 0. The van der Waals surface area contributed by atoms with Crippen molar-refractivity contribution in [1.82, 2.24) is 24.4 Å². The zero-order chi connectivity index (χ0) is 21.1. The van der Waals surface area contributed by atoms with Gasteiger partial charge < -0.3 is 14.5 Å². The summed E-state index contributed by atoms with van der Waals surface area (Å²) in [4.78, 5) is 25.3. The van der Waals surface area contributed by atoms with E-state index in [-0.39, 0.29) is 24.7 Å². The lowest BCUT2D eigenvalue weighted by Gasteiger charge is -2.15. The topological polar surface area (TPSA) is 85.3 Å². The van der Waals surface area contributed by atoms with Gasteiger partial charge in [0.05, 0.1) is 25.9 Å². The van der Waals surface area contributed by atoms with Crippen molar-refractivity contribution >= 4 is 11.2 Å². The molecule has 10 heteroatoms. The van der Waals surface area contributed by atoms with Gasteiger partial charge in [-0.05, 0) is 11.1 Å². The molecule has 0 atom stereocenters. The van der Waals surface area contributed by atoms with Gasteiger partial charge in [-0.3, -0.25) is 9.47 Å². The summed E-state index contributed by atoms with van der Waals surface area (Å²) in [5.74, 6) is -2.59. The smallest absolute Gasteiger partial charge is 0.328 e. The summed E-state index contributed by atoms with van der Waals surface area (Å²) in [6.07, 6.45) is 1.42. The minimum absolute atomic E-state index is 0.0897. The predicted molar refractivity (Wildman–Crippen MR) is 106 cm³/mol. The maximum Gasteiger partial charge on any atom is 0.328 e. The zero-order valence-electron chi connectivity index (χ0n) is 16.6. The number of likely N-dealkylation sites (tertiary alicyclic amines) is 1. The Hall–Kier alpha value is -2.85. The van der Waals surface area contributed by atoms with E-state index in [9.17, 15) is 13.6 Å². The van der Waals surface area contributed by atoms with Crippen molar-refractivity contribution in [2.24, 2.45) is 0 Å². The van der Waals surface area contributed by atoms with E-state index in [1.165, 1.54) is 10.8 Å². The van der Waals surface area contributed by atoms with Crippen LogP contribution >= 0.6 is 0 Å². The van der Waals surface area contributed by atoms with E-state index >= 15 is 0 Å². The number of ether oxygens (including phenoxy) is 2. The van der Waals surface area contributed by atoms with Gasteiger partial charge in [0.15, 0.2) is 5.65 Å². The van der Waals surface area contributed by atoms with Crippen molar-refractivity contribution in [3.05, 3.63) is 52.1 Å². The molecule has 8 nitrogen and oxygen atoms in total. The third-order valence-electron chi connectivity index (χ3n) is 5.03. The fraction of sp³-hybridized carbons (Fsp3) is 0.450. The third kappa shape index (κ3) is 4.65. The number of imidazole rings is 1. The monoisotopic (exact) mass is 419 g/mol. The zero-order valence-corrected chi connectivity index (χ0v) is 16.6. The molecule has 3 heterocycles. The van der Waals surface area contributed by atoms with E-state index in [0.717, 1.165) is 11.1 Å². The molecular formula is C20H23F2N5O3. The van der Waals surface area contributed by atoms with Gasteiger partial charge in [-0.25, -0.2) is 18.6 Å². The Morgan fingerprint density at radius 1 is 1.17 bits per heavy atom. The number of alkyl halides is 2. The summed E-state index contributed by atoms with van der Waals surface area (Å²) in [5.41, 5.74) is 2.53. The average molecular weight is 419 g/mol. The van der Waals surface area contributed by atoms with Crippen LogP contribution in [0.4, 0.5) is 8.78 Å². The molecule has 0 amide bonds. The lowest BCUT2D eigenvalue weighted by molar-refractivity contribution is 0.0115. The van der Waals surface area contributed by atoms with Crippen molar-refractivity contribution in [2.75, 3.05) is 33.4 Å².